The largest absolute Gasteiger partial charge is 0.505 e. The van der Waals surface area contributed by atoms with Crippen LogP contribution >= 0.6 is 22.7 Å². The standard InChI is InChI=1S/C23H22FN3O6S2/c1-12-8-18(21(30)25-10-13-5-6-14(24)16(28)9-13)35-19(12)22(31)27-15(23(32)33-2)11-26-20(29)17-4-3-7-34-17/h3-9,15,28H,10-11H2,1-2H3,(H,25,30)(H,26,29)(H,27,31)/t15-/m0/s1. The SMILES string of the molecule is COC(=O)[C@H](CNC(=O)c1cccs1)NC(=O)c1sc(C(=O)NCc2ccc(F)c(O)c2)cc1C. The minimum absolute atomic E-state index is 0.0412. The number of hydrogen-bond donors (Lipinski definition) is 4. The van der Waals surface area contributed by atoms with Gasteiger partial charge in [0.25, 0.3) is 17.7 Å². The maximum atomic E-state index is 13.2. The quantitative estimate of drug-likeness (QED) is 0.321. The van der Waals surface area contributed by atoms with Crippen molar-refractivity contribution in [3.8, 4) is 5.75 Å². The number of amides is 3. The second kappa shape index (κ2) is 11.6. The van der Waals surface area contributed by atoms with Gasteiger partial charge >= 0.3 is 5.97 Å². The summed E-state index contributed by atoms with van der Waals surface area (Å²) < 4.78 is 17.9. The molecule has 4 N–H and O–H groups in total. The number of hydrogen-bond acceptors (Lipinski definition) is 8. The highest BCUT2D eigenvalue weighted by Gasteiger charge is 2.26. The smallest absolute Gasteiger partial charge is 0.330 e. The first-order valence-electron chi connectivity index (χ1n) is 10.3. The molecule has 1 atom stereocenters. The molecule has 3 amide bonds. The Morgan fingerprint density at radius 1 is 1.06 bits per heavy atom. The molecule has 0 aliphatic heterocycles. The number of esters is 1. The van der Waals surface area contributed by atoms with Crippen molar-refractivity contribution in [1.82, 2.24) is 16.0 Å². The zero-order chi connectivity index (χ0) is 25.5. The fourth-order valence-electron chi connectivity index (χ4n) is 3.01. The normalized spacial score (nSPS) is 11.4. The van der Waals surface area contributed by atoms with Crippen LogP contribution in [0.1, 0.15) is 40.1 Å². The number of carbonyl (C=O) groups is 4. The molecule has 1 aromatic carbocycles. The zero-order valence-corrected chi connectivity index (χ0v) is 20.3. The lowest BCUT2D eigenvalue weighted by Crippen LogP contribution is -2.48. The molecule has 3 rings (SSSR count). The van der Waals surface area contributed by atoms with Gasteiger partial charge in [-0.3, -0.25) is 14.4 Å². The van der Waals surface area contributed by atoms with Gasteiger partial charge in [0, 0.05) is 13.1 Å². The van der Waals surface area contributed by atoms with Crippen LogP contribution in [-0.4, -0.2) is 48.5 Å². The minimum atomic E-state index is -1.14. The lowest BCUT2D eigenvalue weighted by molar-refractivity contribution is -0.142. The molecule has 0 radical (unpaired) electrons. The number of ether oxygens (including phenoxy) is 1. The molecule has 12 heteroatoms. The van der Waals surface area contributed by atoms with E-state index < -0.39 is 35.4 Å². The Morgan fingerprint density at radius 3 is 2.46 bits per heavy atom. The molecule has 0 saturated carbocycles. The number of aromatic hydroxyl groups is 1. The molecular formula is C23H22FN3O6S2. The van der Waals surface area contributed by atoms with Crippen molar-refractivity contribution in [2.45, 2.75) is 19.5 Å². The van der Waals surface area contributed by atoms with Gasteiger partial charge in [-0.05, 0) is 47.7 Å². The van der Waals surface area contributed by atoms with Crippen molar-refractivity contribution >= 4 is 46.4 Å². The summed E-state index contributed by atoms with van der Waals surface area (Å²) in [7, 11) is 1.17. The van der Waals surface area contributed by atoms with E-state index in [9.17, 15) is 28.7 Å². The van der Waals surface area contributed by atoms with Crippen LogP contribution in [0.5, 0.6) is 5.75 Å². The molecule has 184 valence electrons. The number of phenolic OH excluding ortho intramolecular Hbond substituents is 1. The fourth-order valence-corrected chi connectivity index (χ4v) is 4.64. The van der Waals surface area contributed by atoms with Crippen molar-refractivity contribution in [3.63, 3.8) is 0 Å². The topological polar surface area (TPSA) is 134 Å². The van der Waals surface area contributed by atoms with Gasteiger partial charge in [0.1, 0.15) is 6.04 Å². The number of carbonyl (C=O) groups excluding carboxylic acids is 4. The zero-order valence-electron chi connectivity index (χ0n) is 18.7. The number of halogens is 1. The second-order valence-electron chi connectivity index (χ2n) is 7.33. The van der Waals surface area contributed by atoms with Gasteiger partial charge in [-0.1, -0.05) is 12.1 Å². The van der Waals surface area contributed by atoms with E-state index in [4.69, 9.17) is 4.74 Å². The van der Waals surface area contributed by atoms with Crippen LogP contribution in [0.3, 0.4) is 0 Å². The molecule has 2 heterocycles. The number of thiophene rings is 2. The molecule has 0 unspecified atom stereocenters. The molecule has 0 saturated heterocycles. The highest BCUT2D eigenvalue weighted by atomic mass is 32.1. The summed E-state index contributed by atoms with van der Waals surface area (Å²) in [5.41, 5.74) is 1.01. The molecule has 9 nitrogen and oxygen atoms in total. The fraction of sp³-hybridized carbons (Fsp3) is 0.217. The third-order valence-electron chi connectivity index (χ3n) is 4.81. The van der Waals surface area contributed by atoms with Gasteiger partial charge in [-0.15, -0.1) is 22.7 Å². The van der Waals surface area contributed by atoms with Crippen molar-refractivity contribution < 1.29 is 33.4 Å². The first-order chi connectivity index (χ1) is 16.7. The van der Waals surface area contributed by atoms with Crippen molar-refractivity contribution in [2.75, 3.05) is 13.7 Å². The van der Waals surface area contributed by atoms with E-state index in [1.165, 1.54) is 36.6 Å². The predicted octanol–water partition coefficient (Wildman–Crippen LogP) is 2.59. The van der Waals surface area contributed by atoms with Crippen LogP contribution in [-0.2, 0) is 16.1 Å². The van der Waals surface area contributed by atoms with Crippen LogP contribution in [0.2, 0.25) is 0 Å². The predicted molar refractivity (Wildman–Crippen MR) is 128 cm³/mol. The Bertz CT molecular complexity index is 1240. The molecule has 3 aromatic rings. The average Bonchev–Trinajstić information content (AvgIpc) is 3.51. The van der Waals surface area contributed by atoms with Gasteiger partial charge < -0.3 is 25.8 Å². The summed E-state index contributed by atoms with van der Waals surface area (Å²) in [6.07, 6.45) is 0. The lowest BCUT2D eigenvalue weighted by Gasteiger charge is -2.16. The van der Waals surface area contributed by atoms with E-state index in [1.54, 1.807) is 24.4 Å². The summed E-state index contributed by atoms with van der Waals surface area (Å²) in [6, 6.07) is 7.47. The Hall–Kier alpha value is -3.77. The van der Waals surface area contributed by atoms with Gasteiger partial charge in [0.15, 0.2) is 11.6 Å². The lowest BCUT2D eigenvalue weighted by atomic mass is 10.2. The molecular weight excluding hydrogens is 497 g/mol. The van der Waals surface area contributed by atoms with E-state index >= 15 is 0 Å². The van der Waals surface area contributed by atoms with E-state index in [-0.39, 0.29) is 28.8 Å². The summed E-state index contributed by atoms with van der Waals surface area (Å²) >= 11 is 2.17. The Balaban J connectivity index is 1.63. The van der Waals surface area contributed by atoms with Crippen LogP contribution < -0.4 is 16.0 Å². The number of rotatable bonds is 9. The van der Waals surface area contributed by atoms with E-state index in [1.807, 2.05) is 0 Å². The van der Waals surface area contributed by atoms with Crippen LogP contribution in [0.15, 0.2) is 41.8 Å². The van der Waals surface area contributed by atoms with Crippen LogP contribution in [0, 0.1) is 12.7 Å². The number of aryl methyl sites for hydroxylation is 1. The van der Waals surface area contributed by atoms with E-state index in [0.717, 1.165) is 17.4 Å². The summed E-state index contributed by atoms with van der Waals surface area (Å²) in [4.78, 5) is 50.6. The molecule has 0 aliphatic carbocycles. The van der Waals surface area contributed by atoms with E-state index in [2.05, 4.69) is 16.0 Å². The molecule has 35 heavy (non-hydrogen) atoms. The Labute approximate surface area is 207 Å². The third kappa shape index (κ3) is 6.64. The summed E-state index contributed by atoms with van der Waals surface area (Å²) in [5, 5.41) is 19.0. The van der Waals surface area contributed by atoms with Crippen LogP contribution in [0.4, 0.5) is 4.39 Å². The number of methoxy groups -OCH3 is 1. The number of benzene rings is 1. The van der Waals surface area contributed by atoms with Gasteiger partial charge in [0.05, 0.1) is 21.7 Å². The van der Waals surface area contributed by atoms with Crippen molar-refractivity contribution in [1.29, 1.82) is 0 Å². The number of nitrogens with one attached hydrogen (secondary N) is 3. The summed E-state index contributed by atoms with van der Waals surface area (Å²) in [6.45, 7) is 1.50. The highest BCUT2D eigenvalue weighted by Crippen LogP contribution is 2.23. The second-order valence-corrected chi connectivity index (χ2v) is 9.33. The average molecular weight is 520 g/mol. The van der Waals surface area contributed by atoms with E-state index in [0.29, 0.717) is 16.0 Å². The first-order valence-corrected chi connectivity index (χ1v) is 12.0. The molecule has 0 spiro atoms. The van der Waals surface area contributed by atoms with Crippen LogP contribution in [0.25, 0.3) is 0 Å². The highest BCUT2D eigenvalue weighted by molar-refractivity contribution is 7.16. The summed E-state index contributed by atoms with van der Waals surface area (Å²) in [5.74, 6) is -3.47. The maximum absolute atomic E-state index is 13.2. The van der Waals surface area contributed by atoms with Gasteiger partial charge in [-0.2, -0.15) is 0 Å². The maximum Gasteiger partial charge on any atom is 0.330 e. The minimum Gasteiger partial charge on any atom is -0.505 e. The van der Waals surface area contributed by atoms with Crippen molar-refractivity contribution in [3.05, 3.63) is 73.4 Å². The van der Waals surface area contributed by atoms with Gasteiger partial charge in [0.2, 0.25) is 0 Å². The number of phenols is 1. The molecule has 2 aromatic heterocycles. The first kappa shape index (κ1) is 25.8. The Kier molecular flexibility index (Phi) is 8.55. The molecule has 0 aliphatic rings. The van der Waals surface area contributed by atoms with Gasteiger partial charge in [-0.25, -0.2) is 9.18 Å². The molecule has 0 bridgehead atoms. The van der Waals surface area contributed by atoms with Crippen molar-refractivity contribution in [2.24, 2.45) is 0 Å². The third-order valence-corrected chi connectivity index (χ3v) is 6.92. The Morgan fingerprint density at radius 2 is 1.80 bits per heavy atom. The molecule has 0 fully saturated rings. The monoisotopic (exact) mass is 519 g/mol.